The van der Waals surface area contributed by atoms with Gasteiger partial charge < -0.3 is 4.74 Å². The third kappa shape index (κ3) is 4.42. The minimum Gasteiger partial charge on any atom is -0.490 e. The molecule has 0 spiro atoms. The molecule has 0 unspecified atom stereocenters. The van der Waals surface area contributed by atoms with Gasteiger partial charge in [0.1, 0.15) is 11.6 Å². The van der Waals surface area contributed by atoms with Crippen molar-refractivity contribution in [3.05, 3.63) is 29.6 Å². The van der Waals surface area contributed by atoms with Crippen molar-refractivity contribution in [3.63, 3.8) is 0 Å². The van der Waals surface area contributed by atoms with Crippen LogP contribution in [0.4, 0.5) is 4.39 Å². The van der Waals surface area contributed by atoms with Crippen LogP contribution in [0.2, 0.25) is 0 Å². The van der Waals surface area contributed by atoms with E-state index in [0.29, 0.717) is 23.6 Å². The summed E-state index contributed by atoms with van der Waals surface area (Å²) >= 11 is 5.54. The Bertz CT molecular complexity index is 495. The van der Waals surface area contributed by atoms with Crippen molar-refractivity contribution in [2.75, 3.05) is 5.88 Å². The lowest BCUT2D eigenvalue weighted by Gasteiger charge is -2.26. The average molecular weight is 295 g/mol. The molecule has 2 rings (SSSR count). The van der Waals surface area contributed by atoms with E-state index in [1.807, 2.05) is 0 Å². The van der Waals surface area contributed by atoms with Gasteiger partial charge in [-0.15, -0.1) is 11.6 Å². The Morgan fingerprint density at radius 2 is 2.05 bits per heavy atom. The van der Waals surface area contributed by atoms with Crippen molar-refractivity contribution >= 4 is 11.6 Å². The molecule has 20 heavy (non-hydrogen) atoms. The Morgan fingerprint density at radius 3 is 2.70 bits per heavy atom. The first kappa shape index (κ1) is 15.2. The first-order valence-corrected chi connectivity index (χ1v) is 7.73. The highest BCUT2D eigenvalue weighted by Gasteiger charge is 2.19. The van der Waals surface area contributed by atoms with Gasteiger partial charge in [-0.3, -0.25) is 0 Å². The van der Waals surface area contributed by atoms with Crippen LogP contribution in [0.15, 0.2) is 18.2 Å². The Kier molecular flexibility index (Phi) is 5.73. The zero-order valence-electron chi connectivity index (χ0n) is 11.8. The minimum atomic E-state index is -0.325. The molecule has 0 N–H and O–H groups in total. The minimum absolute atomic E-state index is 0.221. The molecule has 3 heteroatoms. The molecule has 108 valence electrons. The molecule has 1 aromatic rings. The smallest absolute Gasteiger partial charge is 0.142 e. The average Bonchev–Trinajstić information content (AvgIpc) is 2.44. The molecule has 0 aromatic heterocycles. The van der Waals surface area contributed by atoms with Gasteiger partial charge in [-0.25, -0.2) is 4.39 Å². The number of hydrogen-bond donors (Lipinski definition) is 0. The lowest BCUT2D eigenvalue weighted by Crippen LogP contribution is -2.23. The summed E-state index contributed by atoms with van der Waals surface area (Å²) in [5.41, 5.74) is 0.403. The molecule has 1 aliphatic rings. The monoisotopic (exact) mass is 294 g/mol. The zero-order valence-corrected chi connectivity index (χ0v) is 12.5. The normalized spacial score (nSPS) is 21.9. The van der Waals surface area contributed by atoms with Crippen LogP contribution in [0, 0.1) is 23.6 Å². The molecule has 0 amide bonds. The third-order valence-corrected chi connectivity index (χ3v) is 3.84. The maximum Gasteiger partial charge on any atom is 0.142 e. The predicted octanol–water partition coefficient (Wildman–Crippen LogP) is 4.76. The number of hydrogen-bond acceptors (Lipinski definition) is 1. The van der Waals surface area contributed by atoms with Gasteiger partial charge in [-0.05, 0) is 43.7 Å². The molecule has 0 saturated heterocycles. The number of benzene rings is 1. The van der Waals surface area contributed by atoms with Crippen LogP contribution >= 0.6 is 11.6 Å². The quantitative estimate of drug-likeness (QED) is 0.577. The standard InChI is InChI=1S/C17H20ClFO/c1-13-5-8-15(9-6-13)20-16-10-7-14(17(19)12-16)4-2-3-11-18/h7,10,12-13,15H,3,5-6,8-9,11H2,1H3. The second-order valence-corrected chi connectivity index (χ2v) is 5.76. The summed E-state index contributed by atoms with van der Waals surface area (Å²) in [6.07, 6.45) is 5.28. The van der Waals surface area contributed by atoms with Gasteiger partial charge in [-0.1, -0.05) is 18.8 Å². The largest absolute Gasteiger partial charge is 0.490 e. The lowest BCUT2D eigenvalue weighted by atomic mass is 9.89. The second-order valence-electron chi connectivity index (χ2n) is 5.38. The Labute approximate surface area is 125 Å². The van der Waals surface area contributed by atoms with Crippen LogP contribution in [0.3, 0.4) is 0 Å². The van der Waals surface area contributed by atoms with Crippen molar-refractivity contribution in [1.29, 1.82) is 0 Å². The molecule has 1 fully saturated rings. The summed E-state index contributed by atoms with van der Waals surface area (Å²) in [5, 5.41) is 0. The molecule has 0 bridgehead atoms. The number of rotatable bonds is 3. The highest BCUT2D eigenvalue weighted by molar-refractivity contribution is 6.18. The van der Waals surface area contributed by atoms with Crippen LogP contribution in [-0.4, -0.2) is 12.0 Å². The predicted molar refractivity (Wildman–Crippen MR) is 80.7 cm³/mol. The Balaban J connectivity index is 1.97. The molecule has 1 nitrogen and oxygen atoms in total. The lowest BCUT2D eigenvalue weighted by molar-refractivity contribution is 0.135. The van der Waals surface area contributed by atoms with Crippen LogP contribution in [-0.2, 0) is 0 Å². The molecule has 0 radical (unpaired) electrons. The highest BCUT2D eigenvalue weighted by atomic mass is 35.5. The van der Waals surface area contributed by atoms with Crippen molar-refractivity contribution in [2.45, 2.75) is 45.1 Å². The first-order chi connectivity index (χ1) is 9.69. The van der Waals surface area contributed by atoms with Gasteiger partial charge in [0.15, 0.2) is 0 Å². The zero-order chi connectivity index (χ0) is 14.4. The van der Waals surface area contributed by atoms with E-state index in [4.69, 9.17) is 16.3 Å². The van der Waals surface area contributed by atoms with E-state index >= 15 is 0 Å². The third-order valence-electron chi connectivity index (χ3n) is 3.65. The maximum atomic E-state index is 13.9. The first-order valence-electron chi connectivity index (χ1n) is 7.20. The van der Waals surface area contributed by atoms with Crippen LogP contribution in [0.1, 0.15) is 44.6 Å². The van der Waals surface area contributed by atoms with E-state index in [2.05, 4.69) is 18.8 Å². The summed E-state index contributed by atoms with van der Waals surface area (Å²) in [5.74, 6) is 7.15. The van der Waals surface area contributed by atoms with Crippen molar-refractivity contribution in [3.8, 4) is 17.6 Å². The molecule has 0 atom stereocenters. The molecule has 0 aliphatic heterocycles. The van der Waals surface area contributed by atoms with Gasteiger partial charge in [0.05, 0.1) is 11.7 Å². The maximum absolute atomic E-state index is 13.9. The summed E-state index contributed by atoms with van der Waals surface area (Å²) in [4.78, 5) is 0. The van der Waals surface area contributed by atoms with Gasteiger partial charge in [0.25, 0.3) is 0 Å². The summed E-state index contributed by atoms with van der Waals surface area (Å²) in [7, 11) is 0. The van der Waals surface area contributed by atoms with E-state index in [1.165, 1.54) is 18.9 Å². The molecule has 1 saturated carbocycles. The van der Waals surface area contributed by atoms with Crippen LogP contribution in [0.25, 0.3) is 0 Å². The van der Waals surface area contributed by atoms with Gasteiger partial charge in [-0.2, -0.15) is 0 Å². The van der Waals surface area contributed by atoms with Gasteiger partial charge in [0, 0.05) is 18.4 Å². The van der Waals surface area contributed by atoms with Gasteiger partial charge >= 0.3 is 0 Å². The topological polar surface area (TPSA) is 9.23 Å². The summed E-state index contributed by atoms with van der Waals surface area (Å²) in [6, 6.07) is 4.91. The fourth-order valence-electron chi connectivity index (χ4n) is 2.42. The molecular weight excluding hydrogens is 275 g/mol. The number of halogens is 2. The molecule has 0 heterocycles. The molecular formula is C17H20ClFO. The van der Waals surface area contributed by atoms with Crippen molar-refractivity contribution in [2.24, 2.45) is 5.92 Å². The van der Waals surface area contributed by atoms with Crippen molar-refractivity contribution in [1.82, 2.24) is 0 Å². The van der Waals surface area contributed by atoms with Crippen molar-refractivity contribution < 1.29 is 9.13 Å². The van der Waals surface area contributed by atoms with E-state index in [1.54, 1.807) is 12.1 Å². The number of ether oxygens (including phenoxy) is 1. The second kappa shape index (κ2) is 7.55. The summed E-state index contributed by atoms with van der Waals surface area (Å²) in [6.45, 7) is 2.27. The fraction of sp³-hybridized carbons (Fsp3) is 0.529. The van der Waals surface area contributed by atoms with E-state index in [-0.39, 0.29) is 11.9 Å². The Morgan fingerprint density at radius 1 is 1.30 bits per heavy atom. The van der Waals surface area contributed by atoms with E-state index < -0.39 is 0 Å². The SMILES string of the molecule is CC1CCC(Oc2ccc(C#CCCCl)c(F)c2)CC1. The molecule has 1 aromatic carbocycles. The highest BCUT2D eigenvalue weighted by Crippen LogP contribution is 2.27. The molecule has 1 aliphatic carbocycles. The van der Waals surface area contributed by atoms with Gasteiger partial charge in [0.2, 0.25) is 0 Å². The van der Waals surface area contributed by atoms with Crippen LogP contribution < -0.4 is 4.74 Å². The Hall–Kier alpha value is -1.20. The van der Waals surface area contributed by atoms with Crippen LogP contribution in [0.5, 0.6) is 5.75 Å². The number of alkyl halides is 1. The summed E-state index contributed by atoms with van der Waals surface area (Å²) < 4.78 is 19.7. The van der Waals surface area contributed by atoms with E-state index in [9.17, 15) is 4.39 Å². The fourth-order valence-corrected chi connectivity index (χ4v) is 2.51. The van der Waals surface area contributed by atoms with E-state index in [0.717, 1.165) is 18.8 Å².